The number of nitrogens with two attached hydrogens (primary N) is 2. The lowest BCUT2D eigenvalue weighted by atomic mass is 10.0. The summed E-state index contributed by atoms with van der Waals surface area (Å²) in [4.78, 5) is 7.96. The molecular formula is C30H28F3N5O5S. The van der Waals surface area contributed by atoms with E-state index in [1.807, 2.05) is 0 Å². The van der Waals surface area contributed by atoms with E-state index in [2.05, 4.69) is 21.8 Å². The molecule has 0 saturated heterocycles. The number of benzene rings is 3. The van der Waals surface area contributed by atoms with Gasteiger partial charge in [-0.15, -0.1) is 0 Å². The van der Waals surface area contributed by atoms with E-state index in [-0.39, 0.29) is 17.5 Å². The molecule has 1 aromatic heterocycles. The van der Waals surface area contributed by atoms with Crippen molar-refractivity contribution < 1.29 is 35.8 Å². The van der Waals surface area contributed by atoms with Gasteiger partial charge in [0.15, 0.2) is 11.5 Å². The van der Waals surface area contributed by atoms with E-state index in [1.54, 1.807) is 12.1 Å². The topological polar surface area (TPSA) is 143 Å². The van der Waals surface area contributed by atoms with Crippen molar-refractivity contribution in [3.63, 3.8) is 0 Å². The Morgan fingerprint density at radius 1 is 0.886 bits per heavy atom. The first-order valence-electron chi connectivity index (χ1n) is 12.8. The minimum atomic E-state index is -5.72. The van der Waals surface area contributed by atoms with E-state index in [4.69, 9.17) is 25.7 Å². The highest BCUT2D eigenvalue weighted by Crippen LogP contribution is 2.34. The number of sulfonamides is 1. The largest absolute Gasteiger partial charge is 0.516 e. The third-order valence-corrected chi connectivity index (χ3v) is 7.92. The van der Waals surface area contributed by atoms with Crippen molar-refractivity contribution in [3.8, 4) is 29.1 Å². The van der Waals surface area contributed by atoms with E-state index in [1.165, 1.54) is 76.1 Å². The Morgan fingerprint density at radius 2 is 1.57 bits per heavy atom. The minimum absolute atomic E-state index is 0.0518. The van der Waals surface area contributed by atoms with Gasteiger partial charge in [-0.25, -0.2) is 4.98 Å². The lowest BCUT2D eigenvalue weighted by Gasteiger charge is -2.25. The summed E-state index contributed by atoms with van der Waals surface area (Å²) >= 11 is 0. The van der Waals surface area contributed by atoms with Crippen LogP contribution in [0.2, 0.25) is 0 Å². The Bertz CT molecular complexity index is 1800. The Labute approximate surface area is 252 Å². The predicted octanol–water partition coefficient (Wildman–Crippen LogP) is 4.51. The van der Waals surface area contributed by atoms with E-state index in [0.29, 0.717) is 50.2 Å². The van der Waals surface area contributed by atoms with Gasteiger partial charge in [-0.05, 0) is 59.7 Å². The van der Waals surface area contributed by atoms with Gasteiger partial charge in [0, 0.05) is 23.7 Å². The number of aromatic nitrogens is 2. The second-order valence-corrected chi connectivity index (χ2v) is 11.2. The summed E-state index contributed by atoms with van der Waals surface area (Å²) in [5, 5.41) is 0. The molecule has 44 heavy (non-hydrogen) atoms. The maximum absolute atomic E-state index is 13.6. The van der Waals surface area contributed by atoms with Gasteiger partial charge in [0.05, 0.1) is 39.1 Å². The smallest absolute Gasteiger partial charge is 0.497 e. The Balaban J connectivity index is 1.67. The van der Waals surface area contributed by atoms with Crippen molar-refractivity contribution in [1.82, 2.24) is 9.97 Å². The normalized spacial score (nSPS) is 11.3. The van der Waals surface area contributed by atoms with Gasteiger partial charge in [-0.3, -0.25) is 4.31 Å². The van der Waals surface area contributed by atoms with Crippen LogP contribution in [0, 0.1) is 11.8 Å². The highest BCUT2D eigenvalue weighted by molar-refractivity contribution is 7.93. The molecule has 0 aliphatic heterocycles. The molecule has 0 saturated carbocycles. The standard InChI is InChI=1S/C30H28F3N5O5S/c1-41-25-12-7-20(8-13-25)18-38(44(39,40)30(31,32)33)24-10-5-19(6-11-24)4-9-22-14-21(16-26(42-2)27(22)43-3)15-23-17-36-29(35)37-28(23)34/h5-8,10-14,16-17H,15,18H2,1-3H3,(H4,34,35,36,37). The molecule has 230 valence electrons. The van der Waals surface area contributed by atoms with Crippen molar-refractivity contribution in [3.05, 3.63) is 94.7 Å². The van der Waals surface area contributed by atoms with E-state index in [0.717, 1.165) is 5.56 Å². The summed E-state index contributed by atoms with van der Waals surface area (Å²) < 4.78 is 82.2. The van der Waals surface area contributed by atoms with E-state index >= 15 is 0 Å². The molecule has 0 atom stereocenters. The van der Waals surface area contributed by atoms with Crippen molar-refractivity contribution in [2.24, 2.45) is 0 Å². The third kappa shape index (κ3) is 7.07. The fraction of sp³-hybridized carbons (Fsp3) is 0.200. The third-order valence-electron chi connectivity index (χ3n) is 6.41. The van der Waals surface area contributed by atoms with Crippen LogP contribution in [0.15, 0.2) is 66.9 Å². The van der Waals surface area contributed by atoms with Gasteiger partial charge in [0.2, 0.25) is 5.95 Å². The first-order valence-corrected chi connectivity index (χ1v) is 14.3. The molecule has 4 aromatic rings. The lowest BCUT2D eigenvalue weighted by molar-refractivity contribution is -0.0438. The van der Waals surface area contributed by atoms with E-state index in [9.17, 15) is 21.6 Å². The molecule has 4 N–H and O–H groups in total. The molecule has 0 bridgehead atoms. The fourth-order valence-corrected chi connectivity index (χ4v) is 5.16. The Hall–Kier alpha value is -5.16. The zero-order chi connectivity index (χ0) is 32.1. The predicted molar refractivity (Wildman–Crippen MR) is 160 cm³/mol. The molecule has 0 fully saturated rings. The molecule has 0 aliphatic rings. The van der Waals surface area contributed by atoms with Crippen LogP contribution in [0.3, 0.4) is 0 Å². The molecule has 0 radical (unpaired) electrons. The SMILES string of the molecule is COc1ccc(CN(c2ccc(C#Cc3cc(Cc4cnc(N)nc4N)cc(OC)c3OC)cc2)S(=O)(=O)C(F)(F)F)cc1. The second-order valence-electron chi connectivity index (χ2n) is 9.30. The number of alkyl halides is 3. The van der Waals surface area contributed by atoms with Crippen molar-refractivity contribution in [2.45, 2.75) is 18.5 Å². The molecule has 10 nitrogen and oxygen atoms in total. The number of nitrogens with zero attached hydrogens (tertiary/aromatic N) is 3. The molecule has 0 aliphatic carbocycles. The number of rotatable bonds is 9. The molecular weight excluding hydrogens is 599 g/mol. The number of hydrogen-bond donors (Lipinski definition) is 2. The maximum atomic E-state index is 13.6. The molecule has 0 spiro atoms. The summed E-state index contributed by atoms with van der Waals surface area (Å²) in [6.45, 7) is -0.551. The number of ether oxygens (including phenoxy) is 3. The Kier molecular flexibility index (Phi) is 9.39. The van der Waals surface area contributed by atoms with Crippen molar-refractivity contribution in [2.75, 3.05) is 37.1 Å². The molecule has 3 aromatic carbocycles. The zero-order valence-corrected chi connectivity index (χ0v) is 24.7. The van der Waals surface area contributed by atoms with Crippen LogP contribution >= 0.6 is 0 Å². The molecule has 0 unspecified atom stereocenters. The highest BCUT2D eigenvalue weighted by Gasteiger charge is 2.50. The van der Waals surface area contributed by atoms with Crippen LogP contribution < -0.4 is 30.0 Å². The number of halogens is 3. The first kappa shape index (κ1) is 31.8. The summed E-state index contributed by atoms with van der Waals surface area (Å²) in [6, 6.07) is 14.9. The second kappa shape index (κ2) is 13.0. The van der Waals surface area contributed by atoms with Gasteiger partial charge in [0.1, 0.15) is 11.6 Å². The minimum Gasteiger partial charge on any atom is -0.497 e. The highest BCUT2D eigenvalue weighted by atomic mass is 32.2. The average Bonchev–Trinajstić information content (AvgIpc) is 2.99. The number of hydrogen-bond acceptors (Lipinski definition) is 9. The van der Waals surface area contributed by atoms with Crippen LogP contribution in [0.25, 0.3) is 0 Å². The average molecular weight is 628 g/mol. The lowest BCUT2D eigenvalue weighted by Crippen LogP contribution is -2.40. The number of anilines is 3. The van der Waals surface area contributed by atoms with Crippen LogP contribution in [0.5, 0.6) is 17.2 Å². The fourth-order valence-electron chi connectivity index (χ4n) is 4.19. The first-order chi connectivity index (χ1) is 20.9. The quantitative estimate of drug-likeness (QED) is 0.256. The van der Waals surface area contributed by atoms with E-state index < -0.39 is 22.1 Å². The number of nitrogen functional groups attached to an aromatic ring is 2. The van der Waals surface area contributed by atoms with Crippen LogP contribution in [-0.2, 0) is 23.0 Å². The molecule has 14 heteroatoms. The monoisotopic (exact) mass is 627 g/mol. The Morgan fingerprint density at radius 3 is 2.14 bits per heavy atom. The zero-order valence-electron chi connectivity index (χ0n) is 23.8. The van der Waals surface area contributed by atoms with Crippen LogP contribution in [-0.4, -0.2) is 45.2 Å². The van der Waals surface area contributed by atoms with Crippen LogP contribution in [0.1, 0.15) is 27.8 Å². The molecule has 0 amide bonds. The summed E-state index contributed by atoms with van der Waals surface area (Å²) in [7, 11) is -1.34. The maximum Gasteiger partial charge on any atom is 0.516 e. The summed E-state index contributed by atoms with van der Waals surface area (Å²) in [5.41, 5.74) is 8.46. The van der Waals surface area contributed by atoms with Crippen molar-refractivity contribution >= 4 is 27.5 Å². The number of methoxy groups -OCH3 is 3. The molecule has 1 heterocycles. The van der Waals surface area contributed by atoms with Gasteiger partial charge in [0.25, 0.3) is 0 Å². The van der Waals surface area contributed by atoms with Gasteiger partial charge < -0.3 is 25.7 Å². The van der Waals surface area contributed by atoms with Crippen molar-refractivity contribution in [1.29, 1.82) is 0 Å². The van der Waals surface area contributed by atoms with Gasteiger partial charge in [-0.2, -0.15) is 26.6 Å². The van der Waals surface area contributed by atoms with Crippen LogP contribution in [0.4, 0.5) is 30.6 Å². The molecule has 4 rings (SSSR count). The van der Waals surface area contributed by atoms with Gasteiger partial charge in [-0.1, -0.05) is 24.0 Å². The summed E-state index contributed by atoms with van der Waals surface area (Å²) in [6.07, 6.45) is 1.87. The van der Waals surface area contributed by atoms with Gasteiger partial charge >= 0.3 is 15.5 Å². The summed E-state index contributed by atoms with van der Waals surface area (Å²) in [5.74, 6) is 7.47.